The number of benzene rings is 1. The highest BCUT2D eigenvalue weighted by atomic mass is 35.5. The molecule has 3 heterocycles. The number of ether oxygens (including phenoxy) is 1. The van der Waals surface area contributed by atoms with Crippen molar-refractivity contribution in [2.45, 2.75) is 26.4 Å². The molecule has 1 unspecified atom stereocenters. The topological polar surface area (TPSA) is 101 Å². The molecule has 1 atom stereocenters. The molecule has 1 aliphatic heterocycles. The maximum atomic E-state index is 12.9. The average Bonchev–Trinajstić information content (AvgIpc) is 3.39. The number of aromatic nitrogens is 1. The first-order valence-corrected chi connectivity index (χ1v) is 11.9. The quantitative estimate of drug-likeness (QED) is 0.516. The summed E-state index contributed by atoms with van der Waals surface area (Å²) in [6.45, 7) is 4.12. The zero-order chi connectivity index (χ0) is 24.4. The van der Waals surface area contributed by atoms with Gasteiger partial charge in [-0.05, 0) is 55.3 Å². The lowest BCUT2D eigenvalue weighted by Gasteiger charge is -2.19. The Balaban J connectivity index is 1.51. The fourth-order valence-corrected chi connectivity index (χ4v) is 5.02. The molecule has 0 aliphatic carbocycles. The van der Waals surface area contributed by atoms with Crippen LogP contribution in [0.4, 0.5) is 10.5 Å². The molecule has 2 amide bonds. The lowest BCUT2D eigenvalue weighted by molar-refractivity contribution is 0.0920. The van der Waals surface area contributed by atoms with E-state index in [9.17, 15) is 19.5 Å². The number of carbonyl (C=O) groups excluding carboxylic acids is 2. The van der Waals surface area contributed by atoms with Gasteiger partial charge in [-0.3, -0.25) is 19.1 Å². The van der Waals surface area contributed by atoms with Gasteiger partial charge in [0.25, 0.3) is 11.5 Å². The SMILES string of the molecule is Cc1cc(N2CC(CNC(=O)c3ccc(Cl)s3)OC2=O)cc(C)c1-n1cccc(CCO)c1=O. The first-order valence-electron chi connectivity index (χ1n) is 10.7. The Morgan fingerprint density at radius 3 is 2.62 bits per heavy atom. The minimum atomic E-state index is -0.495. The monoisotopic (exact) mass is 501 g/mol. The van der Waals surface area contributed by atoms with Gasteiger partial charge in [0.1, 0.15) is 6.10 Å². The van der Waals surface area contributed by atoms with Gasteiger partial charge in [-0.15, -0.1) is 11.3 Å². The van der Waals surface area contributed by atoms with Gasteiger partial charge in [-0.25, -0.2) is 4.79 Å². The highest BCUT2D eigenvalue weighted by molar-refractivity contribution is 7.18. The highest BCUT2D eigenvalue weighted by Crippen LogP contribution is 2.28. The molecule has 0 spiro atoms. The van der Waals surface area contributed by atoms with Crippen LogP contribution in [0.1, 0.15) is 26.4 Å². The molecular formula is C24H24ClN3O5S. The summed E-state index contributed by atoms with van der Waals surface area (Å²) in [6.07, 6.45) is 0.992. The van der Waals surface area contributed by atoms with E-state index in [-0.39, 0.29) is 37.6 Å². The summed E-state index contributed by atoms with van der Waals surface area (Å²) in [5.41, 5.74) is 3.38. The fraction of sp³-hybridized carbons (Fsp3) is 0.292. The predicted molar refractivity (Wildman–Crippen MR) is 132 cm³/mol. The lowest BCUT2D eigenvalue weighted by atomic mass is 10.1. The number of anilines is 1. The first-order chi connectivity index (χ1) is 16.3. The smallest absolute Gasteiger partial charge is 0.414 e. The van der Waals surface area contributed by atoms with Gasteiger partial charge in [0, 0.05) is 30.5 Å². The largest absolute Gasteiger partial charge is 0.442 e. The Hall–Kier alpha value is -3.14. The normalized spacial score (nSPS) is 15.5. The van der Waals surface area contributed by atoms with Crippen molar-refractivity contribution in [3.05, 3.63) is 78.9 Å². The Morgan fingerprint density at radius 2 is 1.97 bits per heavy atom. The Morgan fingerprint density at radius 1 is 1.24 bits per heavy atom. The predicted octanol–water partition coefficient (Wildman–Crippen LogP) is 3.46. The zero-order valence-corrected chi connectivity index (χ0v) is 20.3. The zero-order valence-electron chi connectivity index (χ0n) is 18.7. The van der Waals surface area contributed by atoms with Crippen LogP contribution in [0.2, 0.25) is 4.34 Å². The first kappa shape index (κ1) is 24.0. The van der Waals surface area contributed by atoms with Crippen LogP contribution in [-0.4, -0.2) is 47.5 Å². The van der Waals surface area contributed by atoms with Gasteiger partial charge < -0.3 is 15.2 Å². The molecule has 0 bridgehead atoms. The van der Waals surface area contributed by atoms with E-state index in [4.69, 9.17) is 16.3 Å². The van der Waals surface area contributed by atoms with E-state index in [2.05, 4.69) is 5.32 Å². The Bertz CT molecular complexity index is 1280. The number of thiophene rings is 1. The molecule has 4 rings (SSSR count). The summed E-state index contributed by atoms with van der Waals surface area (Å²) in [4.78, 5) is 39.7. The summed E-state index contributed by atoms with van der Waals surface area (Å²) in [7, 11) is 0. The number of nitrogens with one attached hydrogen (secondary N) is 1. The van der Waals surface area contributed by atoms with Crippen LogP contribution in [0, 0.1) is 13.8 Å². The summed E-state index contributed by atoms with van der Waals surface area (Å²) >= 11 is 7.06. The van der Waals surface area contributed by atoms with Crippen molar-refractivity contribution >= 4 is 40.6 Å². The minimum absolute atomic E-state index is 0.101. The molecule has 1 aromatic carbocycles. The fourth-order valence-electron chi connectivity index (χ4n) is 4.06. The summed E-state index contributed by atoms with van der Waals surface area (Å²) in [5.74, 6) is -0.267. The molecule has 1 saturated heterocycles. The summed E-state index contributed by atoms with van der Waals surface area (Å²) < 4.78 is 7.54. The molecule has 8 nitrogen and oxygen atoms in total. The van der Waals surface area contributed by atoms with E-state index in [1.54, 1.807) is 35.0 Å². The van der Waals surface area contributed by atoms with Crippen LogP contribution in [0.5, 0.6) is 0 Å². The van der Waals surface area contributed by atoms with Crippen molar-refractivity contribution in [2.24, 2.45) is 0 Å². The second-order valence-electron chi connectivity index (χ2n) is 8.04. The number of aliphatic hydroxyl groups excluding tert-OH is 1. The number of aryl methyl sites for hydroxylation is 2. The van der Waals surface area contributed by atoms with Crippen molar-refractivity contribution in [1.82, 2.24) is 9.88 Å². The van der Waals surface area contributed by atoms with Crippen molar-refractivity contribution in [1.29, 1.82) is 0 Å². The Labute approximate surface area is 205 Å². The molecule has 2 N–H and O–H groups in total. The lowest BCUT2D eigenvalue weighted by Crippen LogP contribution is -2.34. The van der Waals surface area contributed by atoms with Crippen LogP contribution >= 0.6 is 22.9 Å². The third-order valence-corrected chi connectivity index (χ3v) is 6.83. The molecule has 3 aromatic rings. The van der Waals surface area contributed by atoms with Gasteiger partial charge in [0.15, 0.2) is 0 Å². The molecule has 34 heavy (non-hydrogen) atoms. The third-order valence-electron chi connectivity index (χ3n) is 5.60. The second-order valence-corrected chi connectivity index (χ2v) is 9.76. The molecule has 10 heteroatoms. The molecule has 2 aromatic heterocycles. The van der Waals surface area contributed by atoms with Crippen LogP contribution < -0.4 is 15.8 Å². The van der Waals surface area contributed by atoms with E-state index in [1.165, 1.54) is 16.2 Å². The number of hydrogen-bond acceptors (Lipinski definition) is 6. The number of hydrogen-bond donors (Lipinski definition) is 2. The van der Waals surface area contributed by atoms with Crippen molar-refractivity contribution in [2.75, 3.05) is 24.6 Å². The van der Waals surface area contributed by atoms with Crippen molar-refractivity contribution < 1.29 is 19.4 Å². The maximum absolute atomic E-state index is 12.9. The van der Waals surface area contributed by atoms with Gasteiger partial charge in [0.05, 0.1) is 28.0 Å². The van der Waals surface area contributed by atoms with Crippen molar-refractivity contribution in [3.63, 3.8) is 0 Å². The number of pyridine rings is 1. The van der Waals surface area contributed by atoms with E-state index in [1.807, 2.05) is 26.0 Å². The maximum Gasteiger partial charge on any atom is 0.414 e. The molecular weight excluding hydrogens is 478 g/mol. The third kappa shape index (κ3) is 4.86. The van der Waals surface area contributed by atoms with Crippen LogP contribution in [0.25, 0.3) is 5.69 Å². The molecule has 0 saturated carbocycles. The van der Waals surface area contributed by atoms with E-state index < -0.39 is 12.2 Å². The standard InChI is InChI=1S/C24H24ClN3O5S/c1-14-10-17(11-15(2)21(14)27-8-3-4-16(7-9-29)23(27)31)28-13-18(33-24(28)32)12-26-22(30)19-5-6-20(25)34-19/h3-6,8,10-11,18,29H,7,9,12-13H2,1-2H3,(H,26,30). The Kier molecular flexibility index (Phi) is 7.06. The van der Waals surface area contributed by atoms with Crippen LogP contribution in [-0.2, 0) is 11.2 Å². The van der Waals surface area contributed by atoms with E-state index >= 15 is 0 Å². The van der Waals surface area contributed by atoms with Gasteiger partial charge in [-0.2, -0.15) is 0 Å². The van der Waals surface area contributed by atoms with Gasteiger partial charge in [-0.1, -0.05) is 17.7 Å². The second kappa shape index (κ2) is 10.0. The van der Waals surface area contributed by atoms with E-state index in [0.29, 0.717) is 20.5 Å². The number of carbonyl (C=O) groups is 2. The number of amides is 2. The average molecular weight is 502 g/mol. The number of cyclic esters (lactones) is 1. The number of aliphatic hydroxyl groups is 1. The van der Waals surface area contributed by atoms with Gasteiger partial charge in [0.2, 0.25) is 0 Å². The summed E-state index contributed by atoms with van der Waals surface area (Å²) in [6, 6.07) is 10.5. The minimum Gasteiger partial charge on any atom is -0.442 e. The van der Waals surface area contributed by atoms with Gasteiger partial charge >= 0.3 is 6.09 Å². The molecule has 1 aliphatic rings. The van der Waals surface area contributed by atoms with Crippen LogP contribution in [0.3, 0.4) is 0 Å². The number of rotatable bonds is 7. The van der Waals surface area contributed by atoms with Crippen LogP contribution in [0.15, 0.2) is 47.4 Å². The molecule has 178 valence electrons. The number of halogens is 1. The highest BCUT2D eigenvalue weighted by Gasteiger charge is 2.33. The summed E-state index contributed by atoms with van der Waals surface area (Å²) in [5, 5.41) is 12.0. The van der Waals surface area contributed by atoms with Crippen molar-refractivity contribution in [3.8, 4) is 5.69 Å². The van der Waals surface area contributed by atoms with E-state index in [0.717, 1.165) is 16.8 Å². The molecule has 1 fully saturated rings. The number of nitrogens with zero attached hydrogens (tertiary/aromatic N) is 2. The molecule has 0 radical (unpaired) electrons.